The number of carbonyl (C=O) groups excluding carboxylic acids is 2. The molecule has 10 heteroatoms. The van der Waals surface area contributed by atoms with Gasteiger partial charge in [-0.1, -0.05) is 41.5 Å². The zero-order valence-corrected chi connectivity index (χ0v) is 31.0. The molecule has 0 spiro atoms. The molecular formula is C29H64N2O6Si2. The number of nitrogens with one attached hydrogen (secondary N) is 1. The molecular weight excluding hydrogens is 528 g/mol. The van der Waals surface area contributed by atoms with E-state index in [2.05, 4.69) is 73.0 Å². The SMILES string of the molecule is C[C@@H](CO[Si](C)(C)C(C)(C)C)N(C)C(=O)OC(C)(C)C.C[C@@H](CO[Si](C)(C)C(C)(C)C)NC(=O)OC(C)(C)C. The van der Waals surface area contributed by atoms with Gasteiger partial charge in [-0.15, -0.1) is 0 Å². The second kappa shape index (κ2) is 14.7. The number of nitrogens with zero attached hydrogens (tertiary/aromatic N) is 1. The zero-order valence-electron chi connectivity index (χ0n) is 29.0. The molecule has 2 atom stereocenters. The molecule has 0 radical (unpaired) electrons. The number of likely N-dealkylation sites (N-methyl/N-ethyl adjacent to an activating group) is 1. The Bertz CT molecular complexity index is 760. The van der Waals surface area contributed by atoms with E-state index >= 15 is 0 Å². The molecule has 0 aromatic heterocycles. The second-order valence-electron chi connectivity index (χ2n) is 15.6. The highest BCUT2D eigenvalue weighted by Gasteiger charge is 2.38. The molecule has 0 saturated carbocycles. The Labute approximate surface area is 243 Å². The maximum Gasteiger partial charge on any atom is 0.410 e. The second-order valence-corrected chi connectivity index (χ2v) is 25.2. The zero-order chi connectivity index (χ0) is 31.8. The first-order valence-electron chi connectivity index (χ1n) is 14.1. The summed E-state index contributed by atoms with van der Waals surface area (Å²) >= 11 is 0. The molecule has 0 saturated heterocycles. The van der Waals surface area contributed by atoms with E-state index in [1.807, 2.05) is 55.4 Å². The topological polar surface area (TPSA) is 86.3 Å². The lowest BCUT2D eigenvalue weighted by atomic mass is 10.2. The summed E-state index contributed by atoms with van der Waals surface area (Å²) in [5.74, 6) is 0. The van der Waals surface area contributed by atoms with Gasteiger partial charge >= 0.3 is 12.2 Å². The lowest BCUT2D eigenvalue weighted by molar-refractivity contribution is 0.0188. The number of alkyl carbamates (subject to hydrolysis) is 1. The predicted octanol–water partition coefficient (Wildman–Crippen LogP) is 8.19. The first kappa shape index (κ1) is 40.0. The summed E-state index contributed by atoms with van der Waals surface area (Å²) < 4.78 is 22.8. The van der Waals surface area contributed by atoms with Crippen molar-refractivity contribution in [1.82, 2.24) is 10.2 Å². The summed E-state index contributed by atoms with van der Waals surface area (Å²) in [5.41, 5.74) is -0.935. The van der Waals surface area contributed by atoms with Gasteiger partial charge in [0.15, 0.2) is 16.6 Å². The molecule has 0 aliphatic carbocycles. The number of amides is 2. The van der Waals surface area contributed by atoms with Crippen LogP contribution in [0.2, 0.25) is 36.3 Å². The van der Waals surface area contributed by atoms with Crippen molar-refractivity contribution >= 4 is 28.8 Å². The Morgan fingerprint density at radius 2 is 1.05 bits per heavy atom. The van der Waals surface area contributed by atoms with Crippen molar-refractivity contribution in [3.8, 4) is 0 Å². The van der Waals surface area contributed by atoms with E-state index in [1.54, 1.807) is 11.9 Å². The third-order valence-corrected chi connectivity index (χ3v) is 16.1. The predicted molar refractivity (Wildman–Crippen MR) is 169 cm³/mol. The minimum atomic E-state index is -1.77. The minimum Gasteiger partial charge on any atom is -0.444 e. The van der Waals surface area contributed by atoms with E-state index in [1.165, 1.54) is 0 Å². The summed E-state index contributed by atoms with van der Waals surface area (Å²) in [6.45, 7) is 38.2. The molecule has 0 rings (SSSR count). The Hall–Kier alpha value is -1.11. The van der Waals surface area contributed by atoms with Gasteiger partial charge in [-0.05, 0) is 91.7 Å². The lowest BCUT2D eigenvalue weighted by Gasteiger charge is -2.38. The van der Waals surface area contributed by atoms with Gasteiger partial charge in [0.25, 0.3) is 0 Å². The third kappa shape index (κ3) is 17.3. The number of carbonyl (C=O) groups is 2. The van der Waals surface area contributed by atoms with Crippen LogP contribution in [0.1, 0.15) is 96.9 Å². The highest BCUT2D eigenvalue weighted by Crippen LogP contribution is 2.37. The highest BCUT2D eigenvalue weighted by molar-refractivity contribution is 6.74. The number of rotatable bonds is 8. The van der Waals surface area contributed by atoms with Gasteiger partial charge in [0.05, 0.1) is 25.3 Å². The van der Waals surface area contributed by atoms with E-state index in [4.69, 9.17) is 18.3 Å². The van der Waals surface area contributed by atoms with Crippen LogP contribution >= 0.6 is 0 Å². The Morgan fingerprint density at radius 3 is 1.38 bits per heavy atom. The Balaban J connectivity index is 0. The molecule has 0 aliphatic heterocycles. The summed E-state index contributed by atoms with van der Waals surface area (Å²) in [6, 6.07) is -0.0528. The average Bonchev–Trinajstić information content (AvgIpc) is 2.66. The van der Waals surface area contributed by atoms with Gasteiger partial charge in [0.1, 0.15) is 11.2 Å². The van der Waals surface area contributed by atoms with Crippen LogP contribution in [0, 0.1) is 0 Å². The highest BCUT2D eigenvalue weighted by atomic mass is 28.4. The maximum absolute atomic E-state index is 12.0. The first-order chi connectivity index (χ1) is 16.9. The van der Waals surface area contributed by atoms with Gasteiger partial charge in [-0.2, -0.15) is 0 Å². The average molecular weight is 593 g/mol. The quantitative estimate of drug-likeness (QED) is 0.286. The molecule has 0 heterocycles. The molecule has 0 aliphatic rings. The van der Waals surface area contributed by atoms with Gasteiger partial charge < -0.3 is 28.5 Å². The molecule has 0 unspecified atom stereocenters. The summed E-state index contributed by atoms with van der Waals surface area (Å²) in [4.78, 5) is 25.2. The van der Waals surface area contributed by atoms with Gasteiger partial charge in [-0.3, -0.25) is 0 Å². The van der Waals surface area contributed by atoms with E-state index in [9.17, 15) is 9.59 Å². The van der Waals surface area contributed by atoms with Crippen molar-refractivity contribution < 1.29 is 27.9 Å². The van der Waals surface area contributed by atoms with Crippen molar-refractivity contribution in [2.75, 3.05) is 20.3 Å². The maximum atomic E-state index is 12.0. The van der Waals surface area contributed by atoms with E-state index in [-0.39, 0.29) is 34.3 Å². The molecule has 0 bridgehead atoms. The van der Waals surface area contributed by atoms with E-state index in [0.29, 0.717) is 13.2 Å². The van der Waals surface area contributed by atoms with Crippen molar-refractivity contribution in [3.05, 3.63) is 0 Å². The van der Waals surface area contributed by atoms with Crippen molar-refractivity contribution in [3.63, 3.8) is 0 Å². The van der Waals surface area contributed by atoms with E-state index < -0.39 is 27.8 Å². The van der Waals surface area contributed by atoms with Crippen molar-refractivity contribution in [2.24, 2.45) is 0 Å². The number of ether oxygens (including phenoxy) is 2. The van der Waals surface area contributed by atoms with Crippen LogP contribution in [0.25, 0.3) is 0 Å². The molecule has 0 aromatic rings. The Morgan fingerprint density at radius 1 is 0.692 bits per heavy atom. The normalized spacial score (nSPS) is 14.9. The van der Waals surface area contributed by atoms with Crippen LogP contribution in [0.15, 0.2) is 0 Å². The van der Waals surface area contributed by atoms with Gasteiger partial charge in [0, 0.05) is 7.05 Å². The summed E-state index contributed by atoms with van der Waals surface area (Å²) in [6.07, 6.45) is -0.692. The van der Waals surface area contributed by atoms with Crippen LogP contribution in [-0.2, 0) is 18.3 Å². The Kier molecular flexibility index (Phi) is 15.1. The number of hydrogen-bond acceptors (Lipinski definition) is 6. The lowest BCUT2D eigenvalue weighted by Crippen LogP contribution is -2.46. The minimum absolute atomic E-state index is 0.000949. The van der Waals surface area contributed by atoms with Crippen LogP contribution < -0.4 is 5.32 Å². The molecule has 2 amide bonds. The molecule has 0 fully saturated rings. The standard InChI is InChI=1S/C15H33NO3Si.C14H31NO3Si/c1-12(11-18-20(9,10)15(5,6)7)16(8)13(17)19-14(2,3)4;1-11(15-12(16)18-13(2,3)4)10-17-19(8,9)14(5,6)7/h12H,11H2,1-10H3;11H,10H2,1-9H3,(H,15,16)/t12-;11-/m00/s1. The number of hydrogen-bond donors (Lipinski definition) is 1. The van der Waals surface area contributed by atoms with Crippen LogP contribution in [0.5, 0.6) is 0 Å². The monoisotopic (exact) mass is 592 g/mol. The van der Waals surface area contributed by atoms with Crippen LogP contribution in [0.4, 0.5) is 9.59 Å². The fourth-order valence-corrected chi connectivity index (χ4v) is 4.46. The molecule has 0 aromatic carbocycles. The van der Waals surface area contributed by atoms with Crippen LogP contribution in [-0.4, -0.2) is 77.3 Å². The largest absolute Gasteiger partial charge is 0.444 e. The van der Waals surface area contributed by atoms with Gasteiger partial charge in [-0.25, -0.2) is 9.59 Å². The summed E-state index contributed by atoms with van der Waals surface area (Å²) in [5, 5.41) is 3.15. The fourth-order valence-electron chi connectivity index (χ4n) is 2.27. The molecule has 234 valence electrons. The van der Waals surface area contributed by atoms with Crippen molar-refractivity contribution in [2.45, 2.75) is 156 Å². The first-order valence-corrected chi connectivity index (χ1v) is 20.0. The smallest absolute Gasteiger partial charge is 0.410 e. The summed E-state index contributed by atoms with van der Waals surface area (Å²) in [7, 11) is -1.77. The molecule has 1 N–H and O–H groups in total. The molecule has 39 heavy (non-hydrogen) atoms. The van der Waals surface area contributed by atoms with Gasteiger partial charge in [0.2, 0.25) is 0 Å². The van der Waals surface area contributed by atoms with E-state index in [0.717, 1.165) is 0 Å². The fraction of sp³-hybridized carbons (Fsp3) is 0.931. The third-order valence-electron chi connectivity index (χ3n) is 7.10. The van der Waals surface area contributed by atoms with Crippen LogP contribution in [0.3, 0.4) is 0 Å². The van der Waals surface area contributed by atoms with Crippen molar-refractivity contribution in [1.29, 1.82) is 0 Å². The molecule has 8 nitrogen and oxygen atoms in total.